The molecule has 3 rings (SSSR count). The maximum Gasteiger partial charge on any atom is 0.341 e. The minimum atomic E-state index is -0.434. The number of thioether (sulfide) groups is 1. The molecule has 0 bridgehead atoms. The van der Waals surface area contributed by atoms with Gasteiger partial charge in [0.1, 0.15) is 5.00 Å². The molecule has 0 saturated heterocycles. The van der Waals surface area contributed by atoms with Gasteiger partial charge < -0.3 is 14.6 Å². The molecule has 1 amide bonds. The maximum atomic E-state index is 12.4. The zero-order valence-corrected chi connectivity index (χ0v) is 18.3. The Labute approximate surface area is 177 Å². The second-order valence-electron chi connectivity index (χ2n) is 6.39. The quantitative estimate of drug-likeness (QED) is 0.449. The highest BCUT2D eigenvalue weighted by molar-refractivity contribution is 7.99. The van der Waals surface area contributed by atoms with Gasteiger partial charge in [-0.2, -0.15) is 0 Å². The average molecular weight is 431 g/mol. The lowest BCUT2D eigenvalue weighted by Crippen LogP contribution is -2.16. The molecule has 2 heterocycles. The van der Waals surface area contributed by atoms with Crippen LogP contribution in [0.2, 0.25) is 0 Å². The Morgan fingerprint density at radius 2 is 1.93 bits per heavy atom. The molecule has 29 heavy (non-hydrogen) atoms. The Balaban J connectivity index is 1.65. The number of rotatable bonds is 7. The van der Waals surface area contributed by atoms with Gasteiger partial charge in [0.05, 0.1) is 17.9 Å². The van der Waals surface area contributed by atoms with Crippen LogP contribution in [0, 0.1) is 13.8 Å². The van der Waals surface area contributed by atoms with Crippen LogP contribution in [0.1, 0.15) is 27.7 Å². The van der Waals surface area contributed by atoms with Crippen LogP contribution < -0.4 is 5.32 Å². The highest BCUT2D eigenvalue weighted by Gasteiger charge is 2.19. The van der Waals surface area contributed by atoms with Crippen molar-refractivity contribution in [1.29, 1.82) is 0 Å². The topological polar surface area (TPSA) is 86.1 Å². The number of amides is 1. The number of benzene rings is 1. The summed E-state index contributed by atoms with van der Waals surface area (Å²) in [4.78, 5) is 25.4. The van der Waals surface area contributed by atoms with Crippen molar-refractivity contribution < 1.29 is 14.3 Å². The van der Waals surface area contributed by atoms with E-state index in [4.69, 9.17) is 4.74 Å². The van der Waals surface area contributed by atoms with E-state index in [9.17, 15) is 9.59 Å². The lowest BCUT2D eigenvalue weighted by Gasteiger charge is -2.06. The monoisotopic (exact) mass is 430 g/mol. The summed E-state index contributed by atoms with van der Waals surface area (Å²) < 4.78 is 6.91. The van der Waals surface area contributed by atoms with Gasteiger partial charge in [0.2, 0.25) is 5.91 Å². The van der Waals surface area contributed by atoms with Gasteiger partial charge in [0.15, 0.2) is 11.0 Å². The van der Waals surface area contributed by atoms with Crippen LogP contribution in [-0.4, -0.2) is 39.0 Å². The van der Waals surface area contributed by atoms with E-state index in [1.165, 1.54) is 28.7 Å². The van der Waals surface area contributed by atoms with Gasteiger partial charge in [0, 0.05) is 17.5 Å². The highest BCUT2D eigenvalue weighted by Crippen LogP contribution is 2.29. The number of nitrogens with zero attached hydrogens (tertiary/aromatic N) is 3. The van der Waals surface area contributed by atoms with Crippen LogP contribution in [0.3, 0.4) is 0 Å². The Morgan fingerprint density at radius 1 is 1.21 bits per heavy atom. The van der Waals surface area contributed by atoms with Crippen molar-refractivity contribution in [2.45, 2.75) is 25.9 Å². The first-order valence-electron chi connectivity index (χ1n) is 9.05. The molecule has 9 heteroatoms. The fraction of sp³-hybridized carbons (Fsp3) is 0.300. The van der Waals surface area contributed by atoms with Gasteiger partial charge in [-0.25, -0.2) is 4.79 Å². The number of carbonyl (C=O) groups excluding carboxylic acids is 2. The van der Waals surface area contributed by atoms with E-state index in [0.29, 0.717) is 15.7 Å². The molecule has 0 radical (unpaired) electrons. The van der Waals surface area contributed by atoms with Crippen LogP contribution >= 0.6 is 23.1 Å². The van der Waals surface area contributed by atoms with Crippen LogP contribution in [0.15, 0.2) is 35.5 Å². The molecular weight excluding hydrogens is 408 g/mol. The van der Waals surface area contributed by atoms with Crippen molar-refractivity contribution in [2.75, 3.05) is 17.7 Å². The van der Waals surface area contributed by atoms with E-state index < -0.39 is 5.97 Å². The SMILES string of the molecule is CCOC(=O)c1cc(C)sc1NC(=O)CSc1nnc(-c2ccc(C)cc2)n1C. The summed E-state index contributed by atoms with van der Waals surface area (Å²) in [6.45, 7) is 5.94. The molecule has 0 unspecified atom stereocenters. The fourth-order valence-corrected chi connectivity index (χ4v) is 4.28. The van der Waals surface area contributed by atoms with Crippen molar-refractivity contribution in [1.82, 2.24) is 14.8 Å². The first-order valence-corrected chi connectivity index (χ1v) is 10.9. The van der Waals surface area contributed by atoms with Crippen molar-refractivity contribution in [3.05, 3.63) is 46.3 Å². The fourth-order valence-electron chi connectivity index (χ4n) is 2.65. The number of esters is 1. The van der Waals surface area contributed by atoms with Gasteiger partial charge in [-0.1, -0.05) is 41.6 Å². The van der Waals surface area contributed by atoms with Crippen molar-refractivity contribution in [3.8, 4) is 11.4 Å². The second-order valence-corrected chi connectivity index (χ2v) is 8.59. The minimum Gasteiger partial charge on any atom is -0.462 e. The number of nitrogens with one attached hydrogen (secondary N) is 1. The first kappa shape index (κ1) is 21.1. The second kappa shape index (κ2) is 9.23. The molecule has 3 aromatic rings. The number of anilines is 1. The van der Waals surface area contributed by atoms with Crippen molar-refractivity contribution in [3.63, 3.8) is 0 Å². The van der Waals surface area contributed by atoms with Gasteiger partial charge >= 0.3 is 5.97 Å². The summed E-state index contributed by atoms with van der Waals surface area (Å²) in [5, 5.41) is 12.4. The maximum absolute atomic E-state index is 12.4. The van der Waals surface area contributed by atoms with Crippen LogP contribution in [0.5, 0.6) is 0 Å². The number of thiophene rings is 1. The zero-order chi connectivity index (χ0) is 21.0. The predicted molar refractivity (Wildman–Crippen MR) is 116 cm³/mol. The number of hydrogen-bond acceptors (Lipinski definition) is 7. The van der Waals surface area contributed by atoms with Crippen molar-refractivity contribution in [2.24, 2.45) is 7.05 Å². The van der Waals surface area contributed by atoms with E-state index in [1.54, 1.807) is 13.0 Å². The molecule has 1 aromatic carbocycles. The number of carbonyl (C=O) groups is 2. The Hall–Kier alpha value is -2.65. The number of aryl methyl sites for hydroxylation is 2. The standard InChI is InChI=1S/C20H22N4O3S2/c1-5-27-19(26)15-10-13(3)29-18(15)21-16(25)11-28-20-23-22-17(24(20)4)14-8-6-12(2)7-9-14/h6-10H,5,11H2,1-4H3,(H,21,25). The number of aromatic nitrogens is 3. The molecular formula is C20H22N4O3S2. The van der Waals surface area contributed by atoms with Gasteiger partial charge in [-0.15, -0.1) is 21.5 Å². The van der Waals surface area contributed by atoms with E-state index in [1.807, 2.05) is 49.7 Å². The minimum absolute atomic E-state index is 0.152. The van der Waals surface area contributed by atoms with Gasteiger partial charge in [0.25, 0.3) is 0 Å². The zero-order valence-electron chi connectivity index (χ0n) is 16.7. The molecule has 0 aliphatic carbocycles. The van der Waals surface area contributed by atoms with Crippen LogP contribution in [0.4, 0.5) is 5.00 Å². The summed E-state index contributed by atoms with van der Waals surface area (Å²) in [6, 6.07) is 9.76. The lowest BCUT2D eigenvalue weighted by atomic mass is 10.1. The molecule has 1 N–H and O–H groups in total. The molecule has 7 nitrogen and oxygen atoms in total. The third kappa shape index (κ3) is 5.04. The summed E-state index contributed by atoms with van der Waals surface area (Å²) in [5.74, 6) is 0.239. The molecule has 152 valence electrons. The third-order valence-electron chi connectivity index (χ3n) is 4.08. The molecule has 2 aromatic heterocycles. The molecule has 0 fully saturated rings. The molecule has 0 aliphatic rings. The Bertz CT molecular complexity index is 1030. The van der Waals surface area contributed by atoms with E-state index in [0.717, 1.165) is 16.3 Å². The van der Waals surface area contributed by atoms with Gasteiger partial charge in [-0.3, -0.25) is 4.79 Å². The largest absolute Gasteiger partial charge is 0.462 e. The molecule has 0 spiro atoms. The number of ether oxygens (including phenoxy) is 1. The van der Waals surface area contributed by atoms with Crippen molar-refractivity contribution >= 4 is 40.0 Å². The summed E-state index contributed by atoms with van der Waals surface area (Å²) >= 11 is 2.64. The van der Waals surface area contributed by atoms with E-state index in [2.05, 4.69) is 15.5 Å². The molecule has 0 saturated carbocycles. The number of hydrogen-bond donors (Lipinski definition) is 1. The Kier molecular flexibility index (Phi) is 6.71. The predicted octanol–water partition coefficient (Wildman–Crippen LogP) is 4.07. The summed E-state index contributed by atoms with van der Waals surface area (Å²) in [7, 11) is 1.87. The van der Waals surface area contributed by atoms with E-state index in [-0.39, 0.29) is 18.3 Å². The van der Waals surface area contributed by atoms with Crippen LogP contribution in [-0.2, 0) is 16.6 Å². The summed E-state index contributed by atoms with van der Waals surface area (Å²) in [5.41, 5.74) is 2.52. The first-order chi connectivity index (χ1) is 13.9. The lowest BCUT2D eigenvalue weighted by molar-refractivity contribution is -0.113. The van der Waals surface area contributed by atoms with E-state index >= 15 is 0 Å². The smallest absolute Gasteiger partial charge is 0.341 e. The van der Waals surface area contributed by atoms with Gasteiger partial charge in [-0.05, 0) is 26.8 Å². The normalized spacial score (nSPS) is 10.8. The highest BCUT2D eigenvalue weighted by atomic mass is 32.2. The van der Waals surface area contributed by atoms with Crippen LogP contribution in [0.25, 0.3) is 11.4 Å². The third-order valence-corrected chi connectivity index (χ3v) is 6.07. The molecule has 0 aliphatic heterocycles. The Morgan fingerprint density at radius 3 is 2.62 bits per heavy atom. The molecule has 0 atom stereocenters. The average Bonchev–Trinajstić information content (AvgIpc) is 3.23. The summed E-state index contributed by atoms with van der Waals surface area (Å²) in [6.07, 6.45) is 0.